The maximum atomic E-state index is 8.75. The van der Waals surface area contributed by atoms with Crippen molar-refractivity contribution in [3.8, 4) is 6.07 Å². The first-order chi connectivity index (χ1) is 15.5. The Morgan fingerprint density at radius 2 is 1.97 bits per heavy atom. The first-order valence-corrected chi connectivity index (χ1v) is 13.1. The van der Waals surface area contributed by atoms with Crippen molar-refractivity contribution < 1.29 is 14.3 Å². The Kier molecular flexibility index (Phi) is 6.38. The van der Waals surface area contributed by atoms with Gasteiger partial charge in [0, 0.05) is 12.0 Å². The molecule has 32 heavy (non-hydrogen) atoms. The molecule has 1 aliphatic heterocycles. The molecule has 1 heterocycles. The quantitative estimate of drug-likeness (QED) is 0.292. The van der Waals surface area contributed by atoms with Crippen LogP contribution in [0.25, 0.3) is 0 Å². The molecular formula is C27H40N2O3. The Balaban J connectivity index is 1.27. The van der Waals surface area contributed by atoms with Crippen molar-refractivity contribution in [1.29, 1.82) is 5.26 Å². The summed E-state index contributed by atoms with van der Waals surface area (Å²) in [6.45, 7) is 6.26. The zero-order valence-corrected chi connectivity index (χ0v) is 20.0. The van der Waals surface area contributed by atoms with Gasteiger partial charge in [-0.15, -0.1) is 0 Å². The molecule has 4 fully saturated rings. The molecule has 5 rings (SSSR count). The van der Waals surface area contributed by atoms with Crippen molar-refractivity contribution in [2.45, 2.75) is 103 Å². The summed E-state index contributed by atoms with van der Waals surface area (Å²) in [5.41, 5.74) is 3.43. The SMILES string of the molecule is C[C@]12CC[C@H](O[C@@H]3CCCCO3)CC1=CC[C@@H]1[C@@H]2CC[C@]2(C)/C(=N/OCCC#N)CC[C@@H]12. The molecule has 5 aliphatic rings. The molecule has 7 atom stereocenters. The maximum absolute atomic E-state index is 8.75. The molecule has 0 N–H and O–H groups in total. The minimum absolute atomic E-state index is 0.0250. The smallest absolute Gasteiger partial charge is 0.157 e. The summed E-state index contributed by atoms with van der Waals surface area (Å²) in [7, 11) is 0. The fraction of sp³-hybridized carbons (Fsp3) is 0.852. The zero-order chi connectivity index (χ0) is 22.2. The van der Waals surface area contributed by atoms with Gasteiger partial charge in [0.05, 0.1) is 24.3 Å². The highest BCUT2D eigenvalue weighted by Gasteiger charge is 2.58. The van der Waals surface area contributed by atoms with Crippen LogP contribution in [-0.4, -0.2) is 31.3 Å². The third-order valence-corrected chi connectivity index (χ3v) is 9.76. The molecule has 4 aliphatic carbocycles. The number of rotatable bonds is 5. The Morgan fingerprint density at radius 3 is 2.78 bits per heavy atom. The molecule has 1 saturated heterocycles. The van der Waals surface area contributed by atoms with E-state index >= 15 is 0 Å². The average molecular weight is 441 g/mol. The van der Waals surface area contributed by atoms with Crippen LogP contribution in [0, 0.1) is 39.9 Å². The van der Waals surface area contributed by atoms with Crippen molar-refractivity contribution in [3.63, 3.8) is 0 Å². The second kappa shape index (κ2) is 9.11. The molecule has 0 aromatic heterocycles. The second-order valence-electron chi connectivity index (χ2n) is 11.3. The van der Waals surface area contributed by atoms with Gasteiger partial charge in [-0.2, -0.15) is 5.26 Å². The molecule has 3 saturated carbocycles. The zero-order valence-electron chi connectivity index (χ0n) is 20.0. The van der Waals surface area contributed by atoms with Gasteiger partial charge < -0.3 is 14.3 Å². The molecule has 176 valence electrons. The van der Waals surface area contributed by atoms with E-state index in [-0.39, 0.29) is 11.7 Å². The molecular weight excluding hydrogens is 400 g/mol. The van der Waals surface area contributed by atoms with Crippen molar-refractivity contribution in [3.05, 3.63) is 11.6 Å². The fourth-order valence-electron chi connectivity index (χ4n) is 7.93. The Bertz CT molecular complexity index is 795. The van der Waals surface area contributed by atoms with Crippen LogP contribution in [0.3, 0.4) is 0 Å². The number of allylic oxidation sites excluding steroid dienone is 1. The number of fused-ring (bicyclic) bond motifs is 5. The molecule has 0 amide bonds. The van der Waals surface area contributed by atoms with Gasteiger partial charge in [-0.3, -0.25) is 0 Å². The predicted molar refractivity (Wildman–Crippen MR) is 124 cm³/mol. The average Bonchev–Trinajstić information content (AvgIpc) is 3.14. The summed E-state index contributed by atoms with van der Waals surface area (Å²) in [6.07, 6.45) is 16.4. The monoisotopic (exact) mass is 440 g/mol. The molecule has 0 aromatic rings. The normalized spacial score (nSPS) is 44.7. The summed E-state index contributed by atoms with van der Waals surface area (Å²) >= 11 is 0. The third kappa shape index (κ3) is 3.92. The number of nitriles is 1. The molecule has 0 bridgehead atoms. The van der Waals surface area contributed by atoms with Gasteiger partial charge in [0.2, 0.25) is 0 Å². The highest BCUT2D eigenvalue weighted by molar-refractivity contribution is 5.92. The lowest BCUT2D eigenvalue weighted by molar-refractivity contribution is -0.195. The Labute approximate surface area is 193 Å². The van der Waals surface area contributed by atoms with Gasteiger partial charge >= 0.3 is 0 Å². The van der Waals surface area contributed by atoms with E-state index in [1.54, 1.807) is 5.57 Å². The Morgan fingerprint density at radius 1 is 1.12 bits per heavy atom. The van der Waals surface area contributed by atoms with Crippen molar-refractivity contribution in [1.82, 2.24) is 0 Å². The van der Waals surface area contributed by atoms with E-state index in [0.717, 1.165) is 44.1 Å². The standard InChI is InChI=1S/C27H40N2O3/c1-26-13-11-20(32-25-6-3-4-16-30-25)18-19(26)7-8-21-22-9-10-24(29-31-17-5-15-28)27(22,2)14-12-23(21)26/h7,20-23,25H,3-6,8-14,16-18H2,1-2H3/b29-24+/t20-,21-,22-,23-,25+,26-,27-/m0/s1. The van der Waals surface area contributed by atoms with Crippen LogP contribution in [0.5, 0.6) is 0 Å². The fourth-order valence-corrected chi connectivity index (χ4v) is 7.93. The number of hydrogen-bond donors (Lipinski definition) is 0. The van der Waals surface area contributed by atoms with E-state index in [0.29, 0.717) is 30.5 Å². The lowest BCUT2D eigenvalue weighted by Crippen LogP contribution is -2.50. The third-order valence-electron chi connectivity index (χ3n) is 9.76. The minimum Gasteiger partial charge on any atom is -0.395 e. The topological polar surface area (TPSA) is 63.8 Å². The van der Waals surface area contributed by atoms with E-state index in [9.17, 15) is 0 Å². The lowest BCUT2D eigenvalue weighted by atomic mass is 9.48. The summed E-state index contributed by atoms with van der Waals surface area (Å²) in [5.74, 6) is 2.25. The first-order valence-electron chi connectivity index (χ1n) is 13.1. The predicted octanol–water partition coefficient (Wildman–Crippen LogP) is 6.15. The molecule has 5 heteroatoms. The Hall–Kier alpha value is -1.38. The van der Waals surface area contributed by atoms with Gasteiger partial charge in [-0.05, 0) is 93.8 Å². The summed E-state index contributed by atoms with van der Waals surface area (Å²) < 4.78 is 12.3. The van der Waals surface area contributed by atoms with Crippen molar-refractivity contribution in [2.24, 2.45) is 33.7 Å². The van der Waals surface area contributed by atoms with Crippen LogP contribution in [0.4, 0.5) is 0 Å². The number of nitrogens with zero attached hydrogens (tertiary/aromatic N) is 2. The number of oxime groups is 1. The van der Waals surface area contributed by atoms with E-state index < -0.39 is 0 Å². The molecule has 0 spiro atoms. The summed E-state index contributed by atoms with van der Waals surface area (Å²) in [5, 5.41) is 13.3. The van der Waals surface area contributed by atoms with Crippen molar-refractivity contribution in [2.75, 3.05) is 13.2 Å². The second-order valence-corrected chi connectivity index (χ2v) is 11.3. The maximum Gasteiger partial charge on any atom is 0.157 e. The highest BCUT2D eigenvalue weighted by atomic mass is 16.7. The molecule has 0 radical (unpaired) electrons. The van der Waals surface area contributed by atoms with E-state index in [4.69, 9.17) is 19.6 Å². The van der Waals surface area contributed by atoms with Crippen LogP contribution in [-0.2, 0) is 14.3 Å². The van der Waals surface area contributed by atoms with Crippen LogP contribution in [0.2, 0.25) is 0 Å². The van der Waals surface area contributed by atoms with Crippen LogP contribution >= 0.6 is 0 Å². The summed E-state index contributed by atoms with van der Waals surface area (Å²) in [4.78, 5) is 5.52. The van der Waals surface area contributed by atoms with Gasteiger partial charge in [0.1, 0.15) is 6.61 Å². The summed E-state index contributed by atoms with van der Waals surface area (Å²) in [6, 6.07) is 2.14. The van der Waals surface area contributed by atoms with Gasteiger partial charge in [-0.1, -0.05) is 30.7 Å². The minimum atomic E-state index is 0.0250. The van der Waals surface area contributed by atoms with Crippen LogP contribution < -0.4 is 0 Å². The number of ether oxygens (including phenoxy) is 2. The molecule has 0 unspecified atom stereocenters. The lowest BCUT2D eigenvalue weighted by Gasteiger charge is -2.57. The van der Waals surface area contributed by atoms with Gasteiger partial charge in [0.25, 0.3) is 0 Å². The highest BCUT2D eigenvalue weighted by Crippen LogP contribution is 2.64. The van der Waals surface area contributed by atoms with E-state index in [1.165, 1.54) is 50.7 Å². The first kappa shape index (κ1) is 22.4. The van der Waals surface area contributed by atoms with Crippen LogP contribution in [0.1, 0.15) is 90.9 Å². The number of hydrogen-bond acceptors (Lipinski definition) is 5. The largest absolute Gasteiger partial charge is 0.395 e. The van der Waals surface area contributed by atoms with Crippen molar-refractivity contribution >= 4 is 5.71 Å². The molecule has 0 aromatic carbocycles. The van der Waals surface area contributed by atoms with Gasteiger partial charge in [-0.25, -0.2) is 0 Å². The van der Waals surface area contributed by atoms with E-state index in [2.05, 4.69) is 31.1 Å². The van der Waals surface area contributed by atoms with E-state index in [1.807, 2.05) is 0 Å². The molecule has 5 nitrogen and oxygen atoms in total. The van der Waals surface area contributed by atoms with Crippen LogP contribution in [0.15, 0.2) is 16.8 Å². The van der Waals surface area contributed by atoms with Gasteiger partial charge in [0.15, 0.2) is 6.29 Å².